The van der Waals surface area contributed by atoms with Crippen LogP contribution in [0.4, 0.5) is 0 Å². The second-order valence-corrected chi connectivity index (χ2v) is 6.98. The fourth-order valence-corrected chi connectivity index (χ4v) is 3.36. The summed E-state index contributed by atoms with van der Waals surface area (Å²) in [5.41, 5.74) is 1.48. The Hall–Kier alpha value is -2.57. The van der Waals surface area contributed by atoms with Crippen LogP contribution in [0, 0.1) is 0 Å². The van der Waals surface area contributed by atoms with Crippen LogP contribution in [0.5, 0.6) is 11.5 Å². The molecule has 4 rings (SSSR count). The van der Waals surface area contributed by atoms with E-state index in [1.54, 1.807) is 18.2 Å². The summed E-state index contributed by atoms with van der Waals surface area (Å²) in [4.78, 5) is 17.4. The summed E-state index contributed by atoms with van der Waals surface area (Å²) in [5.74, 6) is 0.889. The molecule has 0 saturated carbocycles. The van der Waals surface area contributed by atoms with Crippen molar-refractivity contribution in [1.29, 1.82) is 0 Å². The zero-order valence-corrected chi connectivity index (χ0v) is 15.5. The van der Waals surface area contributed by atoms with Crippen LogP contribution in [0.3, 0.4) is 0 Å². The molecule has 2 aliphatic rings. The van der Waals surface area contributed by atoms with Gasteiger partial charge in [-0.05, 0) is 30.8 Å². The zero-order chi connectivity index (χ0) is 18.6. The molecule has 0 aliphatic carbocycles. The molecule has 0 radical (unpaired) electrons. The third-order valence-corrected chi connectivity index (χ3v) is 5.05. The number of ether oxygens (including phenoxy) is 3. The van der Waals surface area contributed by atoms with Gasteiger partial charge in [0.15, 0.2) is 11.5 Å². The maximum atomic E-state index is 12.8. The van der Waals surface area contributed by atoms with Crippen molar-refractivity contribution in [2.24, 2.45) is 0 Å². The largest absolute Gasteiger partial charge is 0.454 e. The Balaban J connectivity index is 1.49. The van der Waals surface area contributed by atoms with Gasteiger partial charge in [0.1, 0.15) is 6.10 Å². The average Bonchev–Trinajstić information content (AvgIpc) is 3.17. The molecule has 0 N–H and O–H groups in total. The number of hydrogen-bond donors (Lipinski definition) is 0. The fraction of sp³-hybridized carbons (Fsp3) is 0.381. The quantitative estimate of drug-likeness (QED) is 0.756. The lowest BCUT2D eigenvalue weighted by molar-refractivity contribution is 0.0147. The van der Waals surface area contributed by atoms with Crippen LogP contribution in [0.15, 0.2) is 48.5 Å². The van der Waals surface area contributed by atoms with E-state index in [9.17, 15) is 4.79 Å². The zero-order valence-electron chi connectivity index (χ0n) is 15.5. The minimum absolute atomic E-state index is 0.184. The molecule has 142 valence electrons. The smallest absolute Gasteiger partial charge is 0.338 e. The summed E-state index contributed by atoms with van der Waals surface area (Å²) in [6, 6.07) is 15.1. The standard InChI is InChI=1S/C21H24N2O4/c1-22-9-11-23(12-10-22)14-20(16-5-3-2-4-6-16)27-21(24)17-7-8-18-19(13-17)26-15-25-18/h2-8,13,20H,9-12,14-15H2,1H3. The third kappa shape index (κ3) is 4.23. The molecular weight excluding hydrogens is 344 g/mol. The first-order valence-corrected chi connectivity index (χ1v) is 9.25. The van der Waals surface area contributed by atoms with Crippen molar-refractivity contribution in [2.45, 2.75) is 6.10 Å². The molecule has 6 nitrogen and oxygen atoms in total. The predicted octanol–water partition coefficient (Wildman–Crippen LogP) is 2.56. The van der Waals surface area contributed by atoms with Crippen molar-refractivity contribution >= 4 is 5.97 Å². The molecule has 1 atom stereocenters. The number of rotatable bonds is 5. The highest BCUT2D eigenvalue weighted by Crippen LogP contribution is 2.33. The van der Waals surface area contributed by atoms with Gasteiger partial charge in [-0.25, -0.2) is 4.79 Å². The second-order valence-electron chi connectivity index (χ2n) is 6.98. The molecule has 27 heavy (non-hydrogen) atoms. The molecule has 2 aliphatic heterocycles. The van der Waals surface area contributed by atoms with Gasteiger partial charge in [0, 0.05) is 32.7 Å². The monoisotopic (exact) mass is 368 g/mol. The highest BCUT2D eigenvalue weighted by molar-refractivity contribution is 5.90. The minimum atomic E-state index is -0.351. The van der Waals surface area contributed by atoms with E-state index < -0.39 is 0 Å². The number of carbonyl (C=O) groups excluding carboxylic acids is 1. The lowest BCUT2D eigenvalue weighted by atomic mass is 10.1. The molecule has 1 fully saturated rings. The van der Waals surface area contributed by atoms with Crippen molar-refractivity contribution in [3.8, 4) is 11.5 Å². The summed E-state index contributed by atoms with van der Waals surface area (Å²) < 4.78 is 16.6. The van der Waals surface area contributed by atoms with E-state index in [1.807, 2.05) is 30.3 Å². The summed E-state index contributed by atoms with van der Waals surface area (Å²) >= 11 is 0. The van der Waals surface area contributed by atoms with Gasteiger partial charge in [-0.15, -0.1) is 0 Å². The number of fused-ring (bicyclic) bond motifs is 1. The molecular formula is C21H24N2O4. The number of hydrogen-bond acceptors (Lipinski definition) is 6. The average molecular weight is 368 g/mol. The van der Waals surface area contributed by atoms with Crippen molar-refractivity contribution in [3.63, 3.8) is 0 Å². The Bertz CT molecular complexity index is 788. The summed E-state index contributed by atoms with van der Waals surface area (Å²) in [7, 11) is 2.13. The Kier molecular flexibility index (Phi) is 5.27. The van der Waals surface area contributed by atoms with Gasteiger partial charge < -0.3 is 19.1 Å². The third-order valence-electron chi connectivity index (χ3n) is 5.05. The molecule has 0 amide bonds. The Labute approximate surface area is 159 Å². The van der Waals surface area contributed by atoms with Crippen LogP contribution < -0.4 is 9.47 Å². The molecule has 1 unspecified atom stereocenters. The number of benzene rings is 2. The van der Waals surface area contributed by atoms with E-state index in [1.165, 1.54) is 0 Å². The summed E-state index contributed by atoms with van der Waals surface area (Å²) in [6.45, 7) is 4.87. The van der Waals surface area contributed by atoms with Crippen LogP contribution in [0.1, 0.15) is 22.0 Å². The van der Waals surface area contributed by atoms with Gasteiger partial charge in [-0.1, -0.05) is 30.3 Å². The van der Waals surface area contributed by atoms with Crippen LogP contribution in [-0.4, -0.2) is 62.3 Å². The normalized spacial score (nSPS) is 18.3. The first kappa shape index (κ1) is 17.8. The van der Waals surface area contributed by atoms with E-state index in [0.717, 1.165) is 31.7 Å². The molecule has 0 bridgehead atoms. The molecule has 0 spiro atoms. The Morgan fingerprint density at radius 3 is 2.56 bits per heavy atom. The molecule has 0 aromatic heterocycles. The number of likely N-dealkylation sites (N-methyl/N-ethyl adjacent to an activating group) is 1. The van der Waals surface area contributed by atoms with E-state index in [0.29, 0.717) is 23.6 Å². The van der Waals surface area contributed by atoms with E-state index in [-0.39, 0.29) is 18.9 Å². The van der Waals surface area contributed by atoms with Gasteiger partial charge >= 0.3 is 5.97 Å². The van der Waals surface area contributed by atoms with Gasteiger partial charge in [-0.3, -0.25) is 4.90 Å². The summed E-state index contributed by atoms with van der Waals surface area (Å²) in [5, 5.41) is 0. The fourth-order valence-electron chi connectivity index (χ4n) is 3.36. The minimum Gasteiger partial charge on any atom is -0.454 e. The Morgan fingerprint density at radius 2 is 1.78 bits per heavy atom. The molecule has 2 heterocycles. The van der Waals surface area contributed by atoms with Gasteiger partial charge in [0.2, 0.25) is 6.79 Å². The first-order chi connectivity index (χ1) is 13.2. The van der Waals surface area contributed by atoms with E-state index in [2.05, 4.69) is 16.8 Å². The summed E-state index contributed by atoms with van der Waals surface area (Å²) in [6.07, 6.45) is -0.312. The van der Waals surface area contributed by atoms with Gasteiger partial charge in [0.25, 0.3) is 0 Å². The number of esters is 1. The van der Waals surface area contributed by atoms with Crippen LogP contribution in [-0.2, 0) is 4.74 Å². The molecule has 2 aromatic carbocycles. The predicted molar refractivity (Wildman–Crippen MR) is 101 cm³/mol. The highest BCUT2D eigenvalue weighted by atomic mass is 16.7. The van der Waals surface area contributed by atoms with E-state index in [4.69, 9.17) is 14.2 Å². The highest BCUT2D eigenvalue weighted by Gasteiger charge is 2.24. The van der Waals surface area contributed by atoms with Crippen LogP contribution in [0.2, 0.25) is 0 Å². The van der Waals surface area contributed by atoms with Crippen LogP contribution in [0.25, 0.3) is 0 Å². The first-order valence-electron chi connectivity index (χ1n) is 9.25. The second kappa shape index (κ2) is 7.98. The topological polar surface area (TPSA) is 51.2 Å². The number of piperazine rings is 1. The number of nitrogens with zero attached hydrogens (tertiary/aromatic N) is 2. The maximum absolute atomic E-state index is 12.8. The molecule has 1 saturated heterocycles. The maximum Gasteiger partial charge on any atom is 0.338 e. The lowest BCUT2D eigenvalue weighted by Crippen LogP contribution is -2.46. The van der Waals surface area contributed by atoms with E-state index >= 15 is 0 Å². The Morgan fingerprint density at radius 1 is 1.04 bits per heavy atom. The number of carbonyl (C=O) groups is 1. The SMILES string of the molecule is CN1CCN(CC(OC(=O)c2ccc3c(c2)OCO3)c2ccccc2)CC1. The molecule has 6 heteroatoms. The lowest BCUT2D eigenvalue weighted by Gasteiger charge is -2.34. The van der Waals surface area contributed by atoms with Gasteiger partial charge in [-0.2, -0.15) is 0 Å². The van der Waals surface area contributed by atoms with Crippen molar-refractivity contribution < 1.29 is 19.0 Å². The van der Waals surface area contributed by atoms with Gasteiger partial charge in [0.05, 0.1) is 5.56 Å². The molecule has 2 aromatic rings. The van der Waals surface area contributed by atoms with Crippen LogP contribution >= 0.6 is 0 Å². The van der Waals surface area contributed by atoms with Crippen molar-refractivity contribution in [3.05, 3.63) is 59.7 Å². The van der Waals surface area contributed by atoms with Crippen molar-refractivity contribution in [1.82, 2.24) is 9.80 Å². The van der Waals surface area contributed by atoms with Crippen molar-refractivity contribution in [2.75, 3.05) is 46.6 Å².